The number of carboxylic acid groups (broad SMARTS) is 1. The molecule has 1 amide bonds. The normalized spacial score (nSPS) is 21.3. The quantitative estimate of drug-likeness (QED) is 0.632. The predicted octanol–water partition coefficient (Wildman–Crippen LogP) is 0.793. The van der Waals surface area contributed by atoms with Gasteiger partial charge in [0, 0.05) is 13.1 Å². The van der Waals surface area contributed by atoms with Crippen LogP contribution >= 0.6 is 0 Å². The minimum Gasteiger partial charge on any atom is -0.465 e. The van der Waals surface area contributed by atoms with Gasteiger partial charge in [-0.15, -0.1) is 0 Å². The van der Waals surface area contributed by atoms with E-state index in [9.17, 15) is 4.79 Å². The fourth-order valence-electron chi connectivity index (χ4n) is 1.35. The summed E-state index contributed by atoms with van der Waals surface area (Å²) in [7, 11) is 0. The lowest BCUT2D eigenvalue weighted by Crippen LogP contribution is -2.25. The first-order valence-corrected chi connectivity index (χ1v) is 4.94. The molecule has 1 N–H and O–H groups in total. The molecule has 0 radical (unpaired) electrons. The van der Waals surface area contributed by atoms with Gasteiger partial charge in [0.2, 0.25) is 0 Å². The summed E-state index contributed by atoms with van der Waals surface area (Å²) in [5.74, 6) is 0. The lowest BCUT2D eigenvalue weighted by molar-refractivity contribution is -0.0334. The van der Waals surface area contributed by atoms with Gasteiger partial charge in [-0.3, -0.25) is 0 Å². The van der Waals surface area contributed by atoms with Crippen molar-refractivity contribution in [2.75, 3.05) is 39.5 Å². The van der Waals surface area contributed by atoms with E-state index < -0.39 is 6.09 Å². The van der Waals surface area contributed by atoms with Crippen molar-refractivity contribution < 1.29 is 19.4 Å². The van der Waals surface area contributed by atoms with Gasteiger partial charge in [-0.1, -0.05) is 0 Å². The van der Waals surface area contributed by atoms with Crippen LogP contribution in [0, 0.1) is 0 Å². The molecule has 2 saturated heterocycles. The molecule has 2 fully saturated rings. The Morgan fingerprint density at radius 1 is 1.00 bits per heavy atom. The smallest absolute Gasteiger partial charge is 0.407 e. The summed E-state index contributed by atoms with van der Waals surface area (Å²) >= 11 is 0. The Morgan fingerprint density at radius 3 is 1.64 bits per heavy atom. The second-order valence-electron chi connectivity index (χ2n) is 3.20. The first-order chi connectivity index (χ1) is 6.80. The number of hydrogen-bond acceptors (Lipinski definition) is 3. The third-order valence-electron chi connectivity index (χ3n) is 2.12. The van der Waals surface area contributed by atoms with Gasteiger partial charge in [-0.25, -0.2) is 4.79 Å². The fraction of sp³-hybridized carbons (Fsp3) is 0.889. The van der Waals surface area contributed by atoms with E-state index in [4.69, 9.17) is 14.6 Å². The lowest BCUT2D eigenvalue weighted by Gasteiger charge is -2.09. The van der Waals surface area contributed by atoms with Crippen molar-refractivity contribution >= 4 is 6.09 Å². The summed E-state index contributed by atoms with van der Waals surface area (Å²) in [6, 6.07) is 0. The number of amides is 1. The number of rotatable bonds is 0. The van der Waals surface area contributed by atoms with E-state index in [2.05, 4.69) is 0 Å². The Bertz CT molecular complexity index is 153. The molecule has 0 aromatic rings. The Morgan fingerprint density at radius 2 is 1.43 bits per heavy atom. The van der Waals surface area contributed by atoms with Gasteiger partial charge in [-0.2, -0.15) is 0 Å². The predicted molar refractivity (Wildman–Crippen MR) is 50.5 cm³/mol. The molecule has 2 rings (SSSR count). The number of carbonyl (C=O) groups is 1. The Kier molecular flexibility index (Phi) is 5.32. The van der Waals surface area contributed by atoms with Crippen molar-refractivity contribution in [2.24, 2.45) is 0 Å². The Hall–Kier alpha value is -0.810. The summed E-state index contributed by atoms with van der Waals surface area (Å²) in [6.45, 7) is 4.57. The zero-order valence-corrected chi connectivity index (χ0v) is 8.28. The average Bonchev–Trinajstić information content (AvgIpc) is 2.74. The minimum atomic E-state index is -0.775. The maximum atomic E-state index is 10.1. The van der Waals surface area contributed by atoms with Crippen LogP contribution in [0.4, 0.5) is 4.79 Å². The highest BCUT2D eigenvalue weighted by Crippen LogP contribution is 2.05. The van der Waals surface area contributed by atoms with E-state index in [0.29, 0.717) is 0 Å². The number of nitrogens with zero attached hydrogens (tertiary/aromatic N) is 1. The maximum Gasteiger partial charge on any atom is 0.407 e. The van der Waals surface area contributed by atoms with Crippen molar-refractivity contribution in [3.8, 4) is 0 Å². The number of ether oxygens (including phenoxy) is 2. The van der Waals surface area contributed by atoms with Crippen LogP contribution in [0.1, 0.15) is 12.8 Å². The zero-order chi connectivity index (χ0) is 10.2. The molecular formula is C9H17NO4. The van der Waals surface area contributed by atoms with Crippen LogP contribution in [0.25, 0.3) is 0 Å². The van der Waals surface area contributed by atoms with Crippen LogP contribution in [0.2, 0.25) is 0 Å². The topological polar surface area (TPSA) is 59.0 Å². The Labute approximate surface area is 83.6 Å². The second-order valence-corrected chi connectivity index (χ2v) is 3.20. The van der Waals surface area contributed by atoms with Gasteiger partial charge in [0.05, 0.1) is 26.4 Å². The van der Waals surface area contributed by atoms with Crippen molar-refractivity contribution in [2.45, 2.75) is 12.8 Å². The van der Waals surface area contributed by atoms with E-state index in [1.54, 1.807) is 0 Å². The third kappa shape index (κ3) is 4.43. The molecule has 5 nitrogen and oxygen atoms in total. The van der Waals surface area contributed by atoms with Gasteiger partial charge < -0.3 is 19.5 Å². The van der Waals surface area contributed by atoms with Gasteiger partial charge in [0.25, 0.3) is 0 Å². The monoisotopic (exact) mass is 203 g/mol. The van der Waals surface area contributed by atoms with Crippen molar-refractivity contribution in [1.29, 1.82) is 0 Å². The molecule has 0 atom stereocenters. The molecule has 5 heteroatoms. The van der Waals surface area contributed by atoms with Gasteiger partial charge in [0.15, 0.2) is 0 Å². The standard InChI is InChI=1S/C5H9NO2.C4H8O2/c7-5(8)6-3-1-2-4-6;1-2-6-4-3-5-1/h1-4H2,(H,7,8);1-4H2. The Balaban J connectivity index is 0.000000146. The molecule has 14 heavy (non-hydrogen) atoms. The zero-order valence-electron chi connectivity index (χ0n) is 8.28. The average molecular weight is 203 g/mol. The van der Waals surface area contributed by atoms with E-state index in [-0.39, 0.29) is 0 Å². The molecule has 82 valence electrons. The molecule has 0 bridgehead atoms. The summed E-state index contributed by atoms with van der Waals surface area (Å²) in [6.07, 6.45) is 1.29. The van der Waals surface area contributed by atoms with Crippen molar-refractivity contribution in [3.63, 3.8) is 0 Å². The van der Waals surface area contributed by atoms with Crippen molar-refractivity contribution in [3.05, 3.63) is 0 Å². The summed E-state index contributed by atoms with van der Waals surface area (Å²) in [4.78, 5) is 11.6. The highest BCUT2D eigenvalue weighted by atomic mass is 16.6. The van der Waals surface area contributed by atoms with Gasteiger partial charge in [0.1, 0.15) is 0 Å². The second kappa shape index (κ2) is 6.62. The van der Waals surface area contributed by atoms with E-state index in [0.717, 1.165) is 52.4 Å². The van der Waals surface area contributed by atoms with E-state index >= 15 is 0 Å². The number of likely N-dealkylation sites (tertiary alicyclic amines) is 1. The first-order valence-electron chi connectivity index (χ1n) is 4.94. The number of hydrogen-bond donors (Lipinski definition) is 1. The lowest BCUT2D eigenvalue weighted by atomic mass is 10.4. The van der Waals surface area contributed by atoms with Crippen LogP contribution in [0.3, 0.4) is 0 Å². The van der Waals surface area contributed by atoms with Crippen LogP contribution in [0.5, 0.6) is 0 Å². The molecule has 0 aromatic carbocycles. The highest BCUT2D eigenvalue weighted by molar-refractivity contribution is 5.65. The molecule has 2 heterocycles. The highest BCUT2D eigenvalue weighted by Gasteiger charge is 2.15. The van der Waals surface area contributed by atoms with E-state index in [1.807, 2.05) is 0 Å². The maximum absolute atomic E-state index is 10.1. The van der Waals surface area contributed by atoms with E-state index in [1.165, 1.54) is 4.90 Å². The van der Waals surface area contributed by atoms with Gasteiger partial charge >= 0.3 is 6.09 Å². The largest absolute Gasteiger partial charge is 0.465 e. The molecular weight excluding hydrogens is 186 g/mol. The molecule has 0 spiro atoms. The van der Waals surface area contributed by atoms with Gasteiger partial charge in [-0.05, 0) is 12.8 Å². The molecule has 2 aliphatic rings. The molecule has 2 aliphatic heterocycles. The third-order valence-corrected chi connectivity index (χ3v) is 2.12. The van der Waals surface area contributed by atoms with Crippen LogP contribution in [-0.2, 0) is 9.47 Å². The van der Waals surface area contributed by atoms with Crippen LogP contribution in [-0.4, -0.2) is 55.6 Å². The first kappa shape index (κ1) is 11.3. The molecule has 0 aliphatic carbocycles. The summed E-state index contributed by atoms with van der Waals surface area (Å²) in [5.41, 5.74) is 0. The SMILES string of the molecule is C1COCCO1.O=C(O)N1CCCC1. The van der Waals surface area contributed by atoms with Crippen LogP contribution < -0.4 is 0 Å². The molecule has 0 saturated carbocycles. The summed E-state index contributed by atoms with van der Waals surface area (Å²) < 4.78 is 9.89. The minimum absolute atomic E-state index is 0.731. The summed E-state index contributed by atoms with van der Waals surface area (Å²) in [5, 5.41) is 8.34. The molecule has 0 aromatic heterocycles. The van der Waals surface area contributed by atoms with Crippen LogP contribution in [0.15, 0.2) is 0 Å². The van der Waals surface area contributed by atoms with Crippen molar-refractivity contribution in [1.82, 2.24) is 4.90 Å². The molecule has 0 unspecified atom stereocenters. The fourth-order valence-corrected chi connectivity index (χ4v) is 1.35.